The Hall–Kier alpha value is -2.29. The highest BCUT2D eigenvalue weighted by Crippen LogP contribution is 2.29. The largest absolute Gasteiger partial charge is 0.302 e. The van der Waals surface area contributed by atoms with Gasteiger partial charge in [0.1, 0.15) is 0 Å². The molecule has 0 aliphatic carbocycles. The monoisotopic (exact) mass is 429 g/mol. The van der Waals surface area contributed by atoms with Crippen molar-refractivity contribution in [2.75, 3.05) is 18.4 Å². The zero-order chi connectivity index (χ0) is 20.6. The summed E-state index contributed by atoms with van der Waals surface area (Å²) < 4.78 is 28.5. The van der Waals surface area contributed by atoms with Crippen LogP contribution in [-0.4, -0.2) is 36.7 Å². The van der Waals surface area contributed by atoms with Crippen LogP contribution in [0.5, 0.6) is 0 Å². The van der Waals surface area contributed by atoms with Gasteiger partial charge in [0.25, 0.3) is 0 Å². The van der Waals surface area contributed by atoms with Gasteiger partial charge in [-0.2, -0.15) is 4.31 Å². The summed E-state index contributed by atoms with van der Waals surface area (Å²) in [4.78, 5) is 17.4. The molecule has 8 heteroatoms. The Bertz CT molecular complexity index is 1130. The summed E-state index contributed by atoms with van der Waals surface area (Å²) in [6.07, 6.45) is 1.00. The Kier molecular flexibility index (Phi) is 5.42. The average molecular weight is 430 g/mol. The van der Waals surface area contributed by atoms with Crippen LogP contribution in [0.3, 0.4) is 0 Å². The number of benzene rings is 2. The van der Waals surface area contributed by atoms with Crippen LogP contribution in [0.15, 0.2) is 47.4 Å². The molecule has 29 heavy (non-hydrogen) atoms. The number of aryl methyl sites for hydroxylation is 2. The van der Waals surface area contributed by atoms with Crippen molar-refractivity contribution >= 4 is 42.6 Å². The molecule has 1 aliphatic heterocycles. The topological polar surface area (TPSA) is 79.4 Å². The first-order valence-electron chi connectivity index (χ1n) is 9.58. The minimum atomic E-state index is -3.54. The van der Waals surface area contributed by atoms with Crippen LogP contribution < -0.4 is 5.32 Å². The van der Waals surface area contributed by atoms with E-state index in [0.29, 0.717) is 36.0 Å². The Labute approximate surface area is 174 Å². The quantitative estimate of drug-likeness (QED) is 0.681. The van der Waals surface area contributed by atoms with Crippen molar-refractivity contribution in [1.29, 1.82) is 0 Å². The van der Waals surface area contributed by atoms with Crippen LogP contribution >= 0.6 is 11.3 Å². The average Bonchev–Trinajstić information content (AvgIpc) is 3.10. The first-order chi connectivity index (χ1) is 13.8. The molecule has 0 unspecified atom stereocenters. The molecule has 0 radical (unpaired) electrons. The smallest absolute Gasteiger partial charge is 0.243 e. The van der Waals surface area contributed by atoms with Gasteiger partial charge >= 0.3 is 0 Å². The number of rotatable bonds is 4. The van der Waals surface area contributed by atoms with Crippen molar-refractivity contribution in [1.82, 2.24) is 9.29 Å². The number of aromatic nitrogens is 1. The number of para-hydroxylation sites is 1. The number of amides is 1. The third-order valence-corrected chi connectivity index (χ3v) is 8.31. The van der Waals surface area contributed by atoms with Crippen molar-refractivity contribution in [3.05, 3.63) is 53.6 Å². The number of nitrogens with one attached hydrogen (secondary N) is 1. The molecule has 2 heterocycles. The lowest BCUT2D eigenvalue weighted by Gasteiger charge is -2.30. The maximum Gasteiger partial charge on any atom is 0.243 e. The Morgan fingerprint density at radius 2 is 1.86 bits per heavy atom. The Morgan fingerprint density at radius 3 is 2.55 bits per heavy atom. The van der Waals surface area contributed by atoms with Crippen molar-refractivity contribution in [3.63, 3.8) is 0 Å². The molecule has 152 valence electrons. The molecular formula is C21H23N3O3S2. The Balaban J connectivity index is 1.41. The van der Waals surface area contributed by atoms with E-state index in [1.54, 1.807) is 6.07 Å². The number of carbonyl (C=O) groups excluding carboxylic acids is 1. The van der Waals surface area contributed by atoms with E-state index in [1.807, 2.05) is 50.2 Å². The van der Waals surface area contributed by atoms with Crippen molar-refractivity contribution in [2.45, 2.75) is 31.6 Å². The van der Waals surface area contributed by atoms with Crippen LogP contribution in [-0.2, 0) is 14.8 Å². The number of fused-ring (bicyclic) bond motifs is 1. The Morgan fingerprint density at radius 1 is 1.14 bits per heavy atom. The summed E-state index contributed by atoms with van der Waals surface area (Å²) in [5, 5.41) is 3.49. The SMILES string of the molecule is Cc1ccc(S(=O)(=O)N2CCC(C(=O)Nc3nc4ccccc4s3)CC2)c(C)c1. The molecule has 0 atom stereocenters. The van der Waals surface area contributed by atoms with Crippen molar-refractivity contribution in [3.8, 4) is 0 Å². The fraction of sp³-hybridized carbons (Fsp3) is 0.333. The fourth-order valence-electron chi connectivity index (χ4n) is 3.72. The van der Waals surface area contributed by atoms with Gasteiger partial charge < -0.3 is 5.32 Å². The van der Waals surface area contributed by atoms with Crippen LogP contribution in [0.2, 0.25) is 0 Å². The summed E-state index contributed by atoms with van der Waals surface area (Å²) in [5.41, 5.74) is 2.65. The molecule has 2 aromatic carbocycles. The zero-order valence-corrected chi connectivity index (χ0v) is 18.0. The van der Waals surface area contributed by atoms with E-state index in [-0.39, 0.29) is 11.8 Å². The number of hydrogen-bond donors (Lipinski definition) is 1. The molecule has 1 amide bonds. The van der Waals surface area contributed by atoms with E-state index in [1.165, 1.54) is 15.6 Å². The predicted molar refractivity (Wildman–Crippen MR) is 116 cm³/mol. The number of anilines is 1. The van der Waals surface area contributed by atoms with E-state index >= 15 is 0 Å². The molecule has 6 nitrogen and oxygen atoms in total. The standard InChI is InChI=1S/C21H23N3O3S2/c1-14-7-8-19(15(2)13-14)29(26,27)24-11-9-16(10-12-24)20(25)23-21-22-17-5-3-4-6-18(17)28-21/h3-8,13,16H,9-12H2,1-2H3,(H,22,23,25). The van der Waals surface area contributed by atoms with Crippen molar-refractivity contribution < 1.29 is 13.2 Å². The highest BCUT2D eigenvalue weighted by atomic mass is 32.2. The maximum atomic E-state index is 13.0. The van der Waals surface area contributed by atoms with E-state index in [9.17, 15) is 13.2 Å². The highest BCUT2D eigenvalue weighted by Gasteiger charge is 2.33. The number of sulfonamides is 1. The lowest BCUT2D eigenvalue weighted by atomic mass is 9.97. The van der Waals surface area contributed by atoms with Gasteiger partial charge in [0, 0.05) is 19.0 Å². The van der Waals surface area contributed by atoms with Crippen LogP contribution in [0, 0.1) is 19.8 Å². The van der Waals surface area contributed by atoms with Crippen LogP contribution in [0.1, 0.15) is 24.0 Å². The second-order valence-electron chi connectivity index (χ2n) is 7.42. The third-order valence-electron chi connectivity index (χ3n) is 5.30. The molecule has 1 aromatic heterocycles. The summed E-state index contributed by atoms with van der Waals surface area (Å²) in [7, 11) is -3.54. The summed E-state index contributed by atoms with van der Waals surface area (Å²) in [6, 6.07) is 13.1. The molecule has 0 spiro atoms. The lowest BCUT2D eigenvalue weighted by molar-refractivity contribution is -0.120. The molecule has 1 saturated heterocycles. The molecule has 3 aromatic rings. The molecule has 1 N–H and O–H groups in total. The molecule has 0 bridgehead atoms. The first kappa shape index (κ1) is 20.0. The molecular weight excluding hydrogens is 406 g/mol. The summed E-state index contributed by atoms with van der Waals surface area (Å²) >= 11 is 1.45. The second-order valence-corrected chi connectivity index (χ2v) is 10.4. The number of piperidine rings is 1. The number of thiazole rings is 1. The van der Waals surface area contributed by atoms with Gasteiger partial charge in [-0.15, -0.1) is 0 Å². The zero-order valence-electron chi connectivity index (χ0n) is 16.4. The van der Waals surface area contributed by atoms with Gasteiger partial charge in [-0.25, -0.2) is 13.4 Å². The highest BCUT2D eigenvalue weighted by molar-refractivity contribution is 7.89. The number of nitrogens with zero attached hydrogens (tertiary/aromatic N) is 2. The van der Waals surface area contributed by atoms with Gasteiger partial charge in [-0.3, -0.25) is 4.79 Å². The molecule has 1 aliphatic rings. The second kappa shape index (κ2) is 7.85. The molecule has 0 saturated carbocycles. The van der Waals surface area contributed by atoms with E-state index in [0.717, 1.165) is 21.3 Å². The van der Waals surface area contributed by atoms with Crippen LogP contribution in [0.25, 0.3) is 10.2 Å². The minimum absolute atomic E-state index is 0.0902. The number of hydrogen-bond acceptors (Lipinski definition) is 5. The number of carbonyl (C=O) groups is 1. The lowest BCUT2D eigenvalue weighted by Crippen LogP contribution is -2.41. The van der Waals surface area contributed by atoms with Gasteiger partial charge in [0.15, 0.2) is 5.13 Å². The summed E-state index contributed by atoms with van der Waals surface area (Å²) in [5.74, 6) is -0.305. The van der Waals surface area contributed by atoms with E-state index in [4.69, 9.17) is 0 Å². The van der Waals surface area contributed by atoms with E-state index in [2.05, 4.69) is 10.3 Å². The van der Waals surface area contributed by atoms with Gasteiger partial charge in [0.2, 0.25) is 15.9 Å². The van der Waals surface area contributed by atoms with Crippen LogP contribution in [0.4, 0.5) is 5.13 Å². The van der Waals surface area contributed by atoms with Crippen molar-refractivity contribution in [2.24, 2.45) is 5.92 Å². The maximum absolute atomic E-state index is 13.0. The molecule has 4 rings (SSSR count). The predicted octanol–water partition coefficient (Wildman–Crippen LogP) is 3.95. The van der Waals surface area contributed by atoms with Gasteiger partial charge in [0.05, 0.1) is 15.1 Å². The minimum Gasteiger partial charge on any atom is -0.302 e. The normalized spacial score (nSPS) is 16.2. The fourth-order valence-corrected chi connectivity index (χ4v) is 6.26. The van der Waals surface area contributed by atoms with E-state index < -0.39 is 10.0 Å². The summed E-state index contributed by atoms with van der Waals surface area (Å²) in [6.45, 7) is 4.44. The first-order valence-corrected chi connectivity index (χ1v) is 11.8. The van der Waals surface area contributed by atoms with Gasteiger partial charge in [-0.05, 0) is 50.5 Å². The molecule has 1 fully saturated rings. The van der Waals surface area contributed by atoms with Gasteiger partial charge in [-0.1, -0.05) is 41.2 Å². The third kappa shape index (κ3) is 4.05.